The van der Waals surface area contributed by atoms with Crippen molar-refractivity contribution in [3.05, 3.63) is 53.6 Å². The topological polar surface area (TPSA) is 78.4 Å². The Morgan fingerprint density at radius 3 is 2.46 bits per heavy atom. The molecule has 0 aliphatic carbocycles. The first-order valence-corrected chi connectivity index (χ1v) is 7.94. The Hall–Kier alpha value is -3.22. The van der Waals surface area contributed by atoms with Crippen LogP contribution in [0.25, 0.3) is 0 Å². The molecule has 0 aliphatic heterocycles. The third kappa shape index (κ3) is 5.14. The molecule has 1 N–H and O–H groups in total. The van der Waals surface area contributed by atoms with Crippen LogP contribution >= 0.6 is 0 Å². The molecule has 2 aromatic carbocycles. The zero-order chi connectivity index (χ0) is 18.8. The normalized spacial score (nSPS) is 10.4. The third-order valence-electron chi connectivity index (χ3n) is 3.56. The van der Waals surface area contributed by atoms with Crippen LogP contribution < -0.4 is 19.5 Å². The Kier molecular flexibility index (Phi) is 7.30. The molecule has 0 saturated heterocycles. The Morgan fingerprint density at radius 2 is 1.73 bits per heavy atom. The van der Waals surface area contributed by atoms with Crippen LogP contribution in [0.3, 0.4) is 0 Å². The quantitative estimate of drug-likeness (QED) is 0.550. The van der Waals surface area contributed by atoms with Crippen LogP contribution in [-0.2, 0) is 16.2 Å². The lowest BCUT2D eigenvalue weighted by Crippen LogP contribution is -2.26. The summed E-state index contributed by atoms with van der Waals surface area (Å²) in [5.74, 6) is 1.57. The van der Waals surface area contributed by atoms with Gasteiger partial charge in [-0.3, -0.25) is 4.79 Å². The molecule has 0 fully saturated rings. The predicted octanol–water partition coefficient (Wildman–Crippen LogP) is 2.38. The number of para-hydroxylation sites is 2. The minimum absolute atomic E-state index is 0.196. The molecule has 0 aliphatic rings. The Labute approximate surface area is 152 Å². The van der Waals surface area contributed by atoms with Gasteiger partial charge in [0.2, 0.25) is 0 Å². The van der Waals surface area contributed by atoms with Gasteiger partial charge in [-0.15, -0.1) is 0 Å². The van der Waals surface area contributed by atoms with Gasteiger partial charge in [0.25, 0.3) is 5.91 Å². The number of hydrogen-bond acceptors (Lipinski definition) is 6. The van der Waals surface area contributed by atoms with Crippen molar-refractivity contribution >= 4 is 12.1 Å². The monoisotopic (exact) mass is 358 g/mol. The van der Waals surface area contributed by atoms with Gasteiger partial charge in [-0.05, 0) is 18.2 Å². The van der Waals surface area contributed by atoms with Gasteiger partial charge in [-0.2, -0.15) is 0 Å². The highest BCUT2D eigenvalue weighted by Gasteiger charge is 2.08. The number of nitrogens with one attached hydrogen (secondary N) is 1. The molecular formula is C19H22N2O5. The van der Waals surface area contributed by atoms with Gasteiger partial charge in [0.15, 0.2) is 18.1 Å². The summed E-state index contributed by atoms with van der Waals surface area (Å²) < 4.78 is 15.7. The van der Waals surface area contributed by atoms with Crippen molar-refractivity contribution in [1.29, 1.82) is 0 Å². The standard InChI is InChI=1S/C19H22N2O5/c1-23-16-9-5-4-7-14(16)11-20-18(22)13-26-21-12-15-8-6-10-17(24-2)19(15)25-3/h4-10,12H,11,13H2,1-3H3,(H,20,22)/b21-12-. The molecule has 26 heavy (non-hydrogen) atoms. The average molecular weight is 358 g/mol. The fourth-order valence-corrected chi connectivity index (χ4v) is 2.30. The molecule has 7 nitrogen and oxygen atoms in total. The lowest BCUT2D eigenvalue weighted by atomic mass is 10.2. The number of benzene rings is 2. The van der Waals surface area contributed by atoms with Crippen molar-refractivity contribution in [2.24, 2.45) is 5.16 Å². The molecular weight excluding hydrogens is 336 g/mol. The number of oxime groups is 1. The second-order valence-corrected chi connectivity index (χ2v) is 5.18. The summed E-state index contributed by atoms with van der Waals surface area (Å²) >= 11 is 0. The second-order valence-electron chi connectivity index (χ2n) is 5.18. The molecule has 7 heteroatoms. The van der Waals surface area contributed by atoms with Gasteiger partial charge < -0.3 is 24.4 Å². The summed E-state index contributed by atoms with van der Waals surface area (Å²) in [6, 6.07) is 12.9. The molecule has 138 valence electrons. The maximum atomic E-state index is 11.9. The SMILES string of the molecule is COc1ccccc1CNC(=O)CO/N=C\c1cccc(OC)c1OC. The summed E-state index contributed by atoms with van der Waals surface area (Å²) in [5, 5.41) is 6.56. The van der Waals surface area contributed by atoms with E-state index in [1.807, 2.05) is 30.3 Å². The Morgan fingerprint density at radius 1 is 1.00 bits per heavy atom. The smallest absolute Gasteiger partial charge is 0.261 e. The van der Waals surface area contributed by atoms with Crippen LogP contribution in [0.1, 0.15) is 11.1 Å². The molecule has 0 aromatic heterocycles. The lowest BCUT2D eigenvalue weighted by Gasteiger charge is -2.10. The molecule has 0 atom stereocenters. The largest absolute Gasteiger partial charge is 0.496 e. The van der Waals surface area contributed by atoms with Crippen molar-refractivity contribution in [2.75, 3.05) is 27.9 Å². The highest BCUT2D eigenvalue weighted by Crippen LogP contribution is 2.29. The van der Waals surface area contributed by atoms with Crippen LogP contribution in [0, 0.1) is 0 Å². The fourth-order valence-electron chi connectivity index (χ4n) is 2.30. The van der Waals surface area contributed by atoms with E-state index in [-0.39, 0.29) is 12.5 Å². The zero-order valence-electron chi connectivity index (χ0n) is 15.0. The lowest BCUT2D eigenvalue weighted by molar-refractivity contribution is -0.125. The zero-order valence-corrected chi connectivity index (χ0v) is 15.0. The van der Waals surface area contributed by atoms with Gasteiger partial charge in [0.05, 0.1) is 27.5 Å². The summed E-state index contributed by atoms with van der Waals surface area (Å²) in [5.41, 5.74) is 1.56. The maximum absolute atomic E-state index is 11.9. The first-order chi connectivity index (χ1) is 12.7. The van der Waals surface area contributed by atoms with Gasteiger partial charge in [0.1, 0.15) is 5.75 Å². The minimum Gasteiger partial charge on any atom is -0.496 e. The number of amides is 1. The maximum Gasteiger partial charge on any atom is 0.261 e. The van der Waals surface area contributed by atoms with Crippen LogP contribution in [0.15, 0.2) is 47.6 Å². The molecule has 0 radical (unpaired) electrons. The Bertz CT molecular complexity index is 761. The van der Waals surface area contributed by atoms with E-state index < -0.39 is 0 Å². The van der Waals surface area contributed by atoms with E-state index in [1.54, 1.807) is 33.5 Å². The molecule has 1 amide bonds. The first kappa shape index (κ1) is 19.1. The van der Waals surface area contributed by atoms with Gasteiger partial charge in [0, 0.05) is 17.7 Å². The second kappa shape index (κ2) is 9.93. The van der Waals surface area contributed by atoms with E-state index in [0.29, 0.717) is 23.6 Å². The number of rotatable bonds is 9. The van der Waals surface area contributed by atoms with Crippen molar-refractivity contribution in [1.82, 2.24) is 5.32 Å². The molecule has 0 spiro atoms. The number of nitrogens with zero attached hydrogens (tertiary/aromatic N) is 1. The van der Waals surface area contributed by atoms with E-state index in [9.17, 15) is 4.79 Å². The van der Waals surface area contributed by atoms with Crippen LogP contribution in [0.5, 0.6) is 17.2 Å². The van der Waals surface area contributed by atoms with E-state index in [0.717, 1.165) is 11.3 Å². The highest BCUT2D eigenvalue weighted by atomic mass is 16.6. The van der Waals surface area contributed by atoms with Crippen molar-refractivity contribution < 1.29 is 23.8 Å². The van der Waals surface area contributed by atoms with Crippen LogP contribution in [-0.4, -0.2) is 40.1 Å². The van der Waals surface area contributed by atoms with E-state index in [2.05, 4.69) is 10.5 Å². The van der Waals surface area contributed by atoms with Gasteiger partial charge in [-0.1, -0.05) is 29.4 Å². The number of carbonyl (C=O) groups excluding carboxylic acids is 1. The first-order valence-electron chi connectivity index (χ1n) is 7.94. The number of carbonyl (C=O) groups is 1. The molecule has 0 bridgehead atoms. The highest BCUT2D eigenvalue weighted by molar-refractivity contribution is 5.84. The van der Waals surface area contributed by atoms with Crippen LogP contribution in [0.2, 0.25) is 0 Å². The average Bonchev–Trinajstić information content (AvgIpc) is 2.69. The van der Waals surface area contributed by atoms with Gasteiger partial charge >= 0.3 is 0 Å². The molecule has 2 aromatic rings. The summed E-state index contributed by atoms with van der Waals surface area (Å²) in [4.78, 5) is 16.9. The van der Waals surface area contributed by atoms with E-state index >= 15 is 0 Å². The van der Waals surface area contributed by atoms with E-state index in [4.69, 9.17) is 19.0 Å². The summed E-state index contributed by atoms with van der Waals surface area (Å²) in [7, 11) is 4.69. The minimum atomic E-state index is -0.286. The van der Waals surface area contributed by atoms with Crippen molar-refractivity contribution in [2.45, 2.75) is 6.54 Å². The Balaban J connectivity index is 1.84. The van der Waals surface area contributed by atoms with E-state index in [1.165, 1.54) is 6.21 Å². The summed E-state index contributed by atoms with van der Waals surface area (Å²) in [6.45, 7) is 0.150. The molecule has 0 unspecified atom stereocenters. The number of methoxy groups -OCH3 is 3. The molecule has 0 saturated carbocycles. The fraction of sp³-hybridized carbons (Fsp3) is 0.263. The molecule has 0 heterocycles. The van der Waals surface area contributed by atoms with Crippen LogP contribution in [0.4, 0.5) is 0 Å². The number of hydrogen-bond donors (Lipinski definition) is 1. The van der Waals surface area contributed by atoms with Crippen molar-refractivity contribution in [3.63, 3.8) is 0 Å². The predicted molar refractivity (Wildman–Crippen MR) is 97.9 cm³/mol. The van der Waals surface area contributed by atoms with Crippen molar-refractivity contribution in [3.8, 4) is 17.2 Å². The molecule has 2 rings (SSSR count). The van der Waals surface area contributed by atoms with Gasteiger partial charge in [-0.25, -0.2) is 0 Å². The number of ether oxygens (including phenoxy) is 3. The summed E-state index contributed by atoms with van der Waals surface area (Å²) in [6.07, 6.45) is 1.47. The third-order valence-corrected chi connectivity index (χ3v) is 3.56.